The number of hydrogen-bond donors (Lipinski definition) is 1. The van der Waals surface area contributed by atoms with Gasteiger partial charge >= 0.3 is 0 Å². The average Bonchev–Trinajstić information content (AvgIpc) is 3.29. The Bertz CT molecular complexity index is 1320. The maximum Gasteiger partial charge on any atom is 0.253 e. The molecule has 0 unspecified atom stereocenters. The Morgan fingerprint density at radius 3 is 2.41 bits per heavy atom. The molecule has 34 heavy (non-hydrogen) atoms. The smallest absolute Gasteiger partial charge is 0.253 e. The summed E-state index contributed by atoms with van der Waals surface area (Å²) in [5.74, 6) is 0.441. The lowest BCUT2D eigenvalue weighted by Crippen LogP contribution is -2.47. The summed E-state index contributed by atoms with van der Waals surface area (Å²) in [5, 5.41) is 0. The van der Waals surface area contributed by atoms with E-state index in [0.29, 0.717) is 28.1 Å². The highest BCUT2D eigenvalue weighted by Crippen LogP contribution is 2.31. The zero-order chi connectivity index (χ0) is 22.9. The number of likely N-dealkylation sites (N-methyl/N-ethyl adjacent to an activating group) is 1. The lowest BCUT2D eigenvalue weighted by molar-refractivity contribution is 0.0664. The predicted molar refractivity (Wildman–Crippen MR) is 132 cm³/mol. The van der Waals surface area contributed by atoms with Crippen molar-refractivity contribution < 1.29 is 13.9 Å². The summed E-state index contributed by atoms with van der Waals surface area (Å²) in [6, 6.07) is 14.1. The highest BCUT2D eigenvalue weighted by atomic mass is 35.5. The fourth-order valence-corrected chi connectivity index (χ4v) is 4.08. The van der Waals surface area contributed by atoms with Gasteiger partial charge in [-0.1, -0.05) is 18.2 Å². The van der Waals surface area contributed by atoms with Crippen molar-refractivity contribution >= 4 is 29.5 Å². The number of imidazole rings is 1. The van der Waals surface area contributed by atoms with E-state index < -0.39 is 5.82 Å². The monoisotopic (exact) mass is 481 g/mol. The molecule has 1 N–H and O–H groups in total. The number of fused-ring (bicyclic) bond motifs is 1. The van der Waals surface area contributed by atoms with E-state index in [0.717, 1.165) is 37.3 Å². The number of aromatic nitrogens is 3. The van der Waals surface area contributed by atoms with Gasteiger partial charge in [0, 0.05) is 49.1 Å². The molecule has 5 rings (SSSR count). The highest BCUT2D eigenvalue weighted by Gasteiger charge is 2.20. The van der Waals surface area contributed by atoms with Crippen molar-refractivity contribution in [2.75, 3.05) is 40.3 Å². The van der Waals surface area contributed by atoms with Crippen molar-refractivity contribution in [1.29, 1.82) is 0 Å². The third-order valence-corrected chi connectivity index (χ3v) is 6.04. The molecule has 9 heteroatoms. The predicted octanol–water partition coefficient (Wildman–Crippen LogP) is 4.25. The van der Waals surface area contributed by atoms with E-state index in [9.17, 15) is 9.18 Å². The fourth-order valence-electron chi connectivity index (χ4n) is 4.08. The molecule has 1 aliphatic rings. The Morgan fingerprint density at radius 1 is 1.03 bits per heavy atom. The van der Waals surface area contributed by atoms with Crippen LogP contribution < -0.4 is 4.74 Å². The van der Waals surface area contributed by atoms with Crippen LogP contribution in [0.4, 0.5) is 4.39 Å². The van der Waals surface area contributed by atoms with Crippen molar-refractivity contribution in [2.45, 2.75) is 0 Å². The molecule has 3 heterocycles. The number of carbonyl (C=O) groups is 1. The van der Waals surface area contributed by atoms with Crippen LogP contribution in [0.2, 0.25) is 0 Å². The van der Waals surface area contributed by atoms with Gasteiger partial charge in [-0.3, -0.25) is 4.79 Å². The van der Waals surface area contributed by atoms with Crippen molar-refractivity contribution in [2.24, 2.45) is 0 Å². The number of nitrogens with zero attached hydrogens (tertiary/aromatic N) is 4. The lowest BCUT2D eigenvalue weighted by Gasteiger charge is -2.32. The zero-order valence-corrected chi connectivity index (χ0v) is 19.7. The molecular weight excluding hydrogens is 457 g/mol. The van der Waals surface area contributed by atoms with Gasteiger partial charge in [0.05, 0.1) is 7.11 Å². The Kier molecular flexibility index (Phi) is 6.81. The van der Waals surface area contributed by atoms with E-state index in [4.69, 9.17) is 9.72 Å². The number of ether oxygens (including phenoxy) is 1. The minimum absolute atomic E-state index is 0. The summed E-state index contributed by atoms with van der Waals surface area (Å²) in [5.41, 5.74) is 4.21. The molecule has 1 aliphatic heterocycles. The summed E-state index contributed by atoms with van der Waals surface area (Å²) in [4.78, 5) is 29.3. The number of H-pyrrole nitrogens is 1. The first-order valence-electron chi connectivity index (χ1n) is 10.8. The lowest BCUT2D eigenvalue weighted by atomic mass is 10.1. The van der Waals surface area contributed by atoms with Crippen molar-refractivity contribution in [1.82, 2.24) is 24.8 Å². The van der Waals surface area contributed by atoms with Gasteiger partial charge in [0.15, 0.2) is 17.2 Å². The third-order valence-electron chi connectivity index (χ3n) is 6.04. The first-order valence-corrected chi connectivity index (χ1v) is 10.8. The molecule has 0 saturated carbocycles. The van der Waals surface area contributed by atoms with Crippen LogP contribution in [0.25, 0.3) is 33.7 Å². The van der Waals surface area contributed by atoms with Crippen LogP contribution in [0, 0.1) is 5.82 Å². The van der Waals surface area contributed by atoms with E-state index in [1.807, 2.05) is 35.2 Å². The maximum atomic E-state index is 14.3. The number of nitrogens with one attached hydrogen (secondary N) is 1. The van der Waals surface area contributed by atoms with Crippen LogP contribution in [0.3, 0.4) is 0 Å². The topological polar surface area (TPSA) is 74.3 Å². The van der Waals surface area contributed by atoms with Gasteiger partial charge in [0.1, 0.15) is 11.3 Å². The second-order valence-electron chi connectivity index (χ2n) is 8.16. The molecule has 2 aromatic heterocycles. The number of rotatable bonds is 4. The molecule has 0 bridgehead atoms. The highest BCUT2D eigenvalue weighted by molar-refractivity contribution is 5.95. The van der Waals surface area contributed by atoms with Crippen LogP contribution in [0.15, 0.2) is 54.7 Å². The van der Waals surface area contributed by atoms with E-state index in [1.165, 1.54) is 13.2 Å². The van der Waals surface area contributed by atoms with E-state index in [1.54, 1.807) is 18.3 Å². The number of pyridine rings is 1. The number of methoxy groups -OCH3 is 1. The van der Waals surface area contributed by atoms with Crippen LogP contribution in [0.5, 0.6) is 5.75 Å². The molecule has 7 nitrogen and oxygen atoms in total. The van der Waals surface area contributed by atoms with Crippen molar-refractivity contribution in [3.8, 4) is 28.3 Å². The minimum atomic E-state index is -0.434. The Hall–Kier alpha value is -3.49. The number of benzene rings is 2. The van der Waals surface area contributed by atoms with Gasteiger partial charge in [-0.2, -0.15) is 0 Å². The second kappa shape index (κ2) is 9.79. The summed E-state index contributed by atoms with van der Waals surface area (Å²) in [6.07, 6.45) is 1.67. The first-order chi connectivity index (χ1) is 16.0. The number of piperazine rings is 1. The van der Waals surface area contributed by atoms with E-state index in [-0.39, 0.29) is 24.1 Å². The molecule has 0 atom stereocenters. The molecule has 1 fully saturated rings. The minimum Gasteiger partial charge on any atom is -0.494 e. The number of halogens is 2. The largest absolute Gasteiger partial charge is 0.494 e. The molecule has 4 aromatic rings. The summed E-state index contributed by atoms with van der Waals surface area (Å²) < 4.78 is 19.3. The SMILES string of the molecule is COc1ccc(-c2ccnc3[nH]c(-c4ccc(C(=O)N5CCN(C)CC5)cc4)nc23)cc1F.Cl. The molecule has 0 aliphatic carbocycles. The van der Waals surface area contributed by atoms with Gasteiger partial charge in [-0.15, -0.1) is 12.4 Å². The van der Waals surface area contributed by atoms with Gasteiger partial charge in [0.2, 0.25) is 0 Å². The first kappa shape index (κ1) is 23.7. The summed E-state index contributed by atoms with van der Waals surface area (Å²) >= 11 is 0. The molecule has 0 radical (unpaired) electrons. The third kappa shape index (κ3) is 4.47. The Labute approximate surface area is 203 Å². The standard InChI is InChI=1S/C25H24FN5O2.ClH/c1-30-11-13-31(14-12-30)25(32)17-5-3-16(4-6-17)23-28-22-19(9-10-27-24(22)29-23)18-7-8-21(33-2)20(26)15-18;/h3-10,15H,11-14H2,1-2H3,(H,27,28,29);1H. The summed E-state index contributed by atoms with van der Waals surface area (Å²) in [7, 11) is 3.50. The Balaban J connectivity index is 0.00000274. The number of amides is 1. The normalized spacial score (nSPS) is 14.1. The van der Waals surface area contributed by atoms with Crippen molar-refractivity contribution in [3.63, 3.8) is 0 Å². The van der Waals surface area contributed by atoms with Crippen LogP contribution in [-0.2, 0) is 0 Å². The number of hydrogen-bond acceptors (Lipinski definition) is 5. The van der Waals surface area contributed by atoms with Crippen LogP contribution >= 0.6 is 12.4 Å². The molecule has 0 spiro atoms. The van der Waals surface area contributed by atoms with Crippen LogP contribution in [0.1, 0.15) is 10.4 Å². The van der Waals surface area contributed by atoms with Crippen LogP contribution in [-0.4, -0.2) is 71.0 Å². The zero-order valence-electron chi connectivity index (χ0n) is 18.9. The molecular formula is C25H25ClFN5O2. The maximum absolute atomic E-state index is 14.3. The molecule has 1 amide bonds. The van der Waals surface area contributed by atoms with Crippen molar-refractivity contribution in [3.05, 3.63) is 66.1 Å². The molecule has 2 aromatic carbocycles. The van der Waals surface area contributed by atoms with Gasteiger partial charge in [-0.05, 0) is 42.9 Å². The number of carbonyl (C=O) groups excluding carboxylic acids is 1. The van der Waals surface area contributed by atoms with Gasteiger partial charge < -0.3 is 19.5 Å². The summed E-state index contributed by atoms with van der Waals surface area (Å²) in [6.45, 7) is 3.24. The fraction of sp³-hybridized carbons (Fsp3) is 0.240. The van der Waals surface area contributed by atoms with Gasteiger partial charge in [-0.25, -0.2) is 14.4 Å². The Morgan fingerprint density at radius 2 is 1.74 bits per heavy atom. The average molecular weight is 482 g/mol. The van der Waals surface area contributed by atoms with E-state index in [2.05, 4.69) is 21.9 Å². The van der Waals surface area contributed by atoms with Gasteiger partial charge in [0.25, 0.3) is 5.91 Å². The molecule has 1 saturated heterocycles. The van der Waals surface area contributed by atoms with E-state index >= 15 is 0 Å². The second-order valence-corrected chi connectivity index (χ2v) is 8.16. The molecule has 176 valence electrons. The number of aromatic amines is 1. The quantitative estimate of drug-likeness (QED) is 0.471.